The number of benzene rings is 1. The van der Waals surface area contributed by atoms with E-state index in [4.69, 9.17) is 9.47 Å². The molecule has 0 radical (unpaired) electrons. The summed E-state index contributed by atoms with van der Waals surface area (Å²) >= 11 is 0. The van der Waals surface area contributed by atoms with Crippen molar-refractivity contribution < 1.29 is 19.0 Å². The highest BCUT2D eigenvalue weighted by molar-refractivity contribution is 5.89. The number of esters is 1. The maximum atomic E-state index is 11.4. The molecule has 0 fully saturated rings. The van der Waals surface area contributed by atoms with Crippen LogP contribution in [-0.4, -0.2) is 32.3 Å². The van der Waals surface area contributed by atoms with Crippen LogP contribution in [0.3, 0.4) is 0 Å². The van der Waals surface area contributed by atoms with Crippen molar-refractivity contribution in [1.82, 2.24) is 4.98 Å². The molecule has 0 amide bonds. The van der Waals surface area contributed by atoms with Crippen LogP contribution in [0.15, 0.2) is 30.5 Å². The van der Waals surface area contributed by atoms with Crippen LogP contribution < -0.4 is 9.47 Å². The van der Waals surface area contributed by atoms with E-state index in [0.717, 1.165) is 11.1 Å². The Balaban J connectivity index is 2.40. The lowest BCUT2D eigenvalue weighted by Gasteiger charge is -2.07. The number of H-pyrrole nitrogens is 1. The van der Waals surface area contributed by atoms with Crippen molar-refractivity contribution in [2.45, 2.75) is 0 Å². The molecular weight excluding hydrogens is 246 g/mol. The molecule has 0 saturated heterocycles. The minimum Gasteiger partial charge on any atom is -0.497 e. The first kappa shape index (κ1) is 13.0. The molecule has 1 heterocycles. The second kappa shape index (κ2) is 5.48. The normalized spacial score (nSPS) is 10.1. The van der Waals surface area contributed by atoms with E-state index in [0.29, 0.717) is 17.2 Å². The van der Waals surface area contributed by atoms with Gasteiger partial charge in [-0.2, -0.15) is 0 Å². The standard InChI is InChI=1S/C14H15NO4/c1-17-11-4-9(5-12(7-11)18-2)10-6-13(15-8-10)14(16)19-3/h4-8,15H,1-3H3. The number of carbonyl (C=O) groups excluding carboxylic acids is 1. The second-order valence-corrected chi connectivity index (χ2v) is 3.89. The zero-order valence-electron chi connectivity index (χ0n) is 11.0. The highest BCUT2D eigenvalue weighted by Crippen LogP contribution is 2.30. The SMILES string of the molecule is COC(=O)c1cc(-c2cc(OC)cc(OC)c2)c[nH]1. The molecule has 100 valence electrons. The lowest BCUT2D eigenvalue weighted by Crippen LogP contribution is -2.00. The van der Waals surface area contributed by atoms with E-state index in [1.54, 1.807) is 32.5 Å². The molecule has 0 aliphatic carbocycles. The number of rotatable bonds is 4. The number of nitrogens with one attached hydrogen (secondary N) is 1. The molecule has 19 heavy (non-hydrogen) atoms. The maximum absolute atomic E-state index is 11.4. The fourth-order valence-electron chi connectivity index (χ4n) is 1.76. The van der Waals surface area contributed by atoms with Gasteiger partial charge in [0.2, 0.25) is 0 Å². The van der Waals surface area contributed by atoms with Crippen molar-refractivity contribution in [2.24, 2.45) is 0 Å². The number of aromatic amines is 1. The Kier molecular flexibility index (Phi) is 3.75. The van der Waals surface area contributed by atoms with Gasteiger partial charge >= 0.3 is 5.97 Å². The Morgan fingerprint density at radius 3 is 2.11 bits per heavy atom. The summed E-state index contributed by atoms with van der Waals surface area (Å²) in [5, 5.41) is 0. The predicted octanol–water partition coefficient (Wildman–Crippen LogP) is 2.49. The van der Waals surface area contributed by atoms with Gasteiger partial charge in [0.15, 0.2) is 0 Å². The van der Waals surface area contributed by atoms with Gasteiger partial charge in [0, 0.05) is 17.8 Å². The van der Waals surface area contributed by atoms with Crippen LogP contribution in [0.25, 0.3) is 11.1 Å². The van der Waals surface area contributed by atoms with E-state index in [1.165, 1.54) is 7.11 Å². The average Bonchev–Trinajstić information content (AvgIpc) is 2.95. The van der Waals surface area contributed by atoms with Gasteiger partial charge in [-0.3, -0.25) is 0 Å². The lowest BCUT2D eigenvalue weighted by molar-refractivity contribution is 0.0595. The van der Waals surface area contributed by atoms with Gasteiger partial charge in [-0.15, -0.1) is 0 Å². The van der Waals surface area contributed by atoms with Crippen molar-refractivity contribution in [3.05, 3.63) is 36.2 Å². The van der Waals surface area contributed by atoms with Crippen LogP contribution in [0.4, 0.5) is 0 Å². The number of ether oxygens (including phenoxy) is 3. The molecule has 1 N–H and O–H groups in total. The quantitative estimate of drug-likeness (QED) is 0.859. The second-order valence-electron chi connectivity index (χ2n) is 3.89. The molecule has 1 aromatic carbocycles. The molecule has 0 saturated carbocycles. The van der Waals surface area contributed by atoms with E-state index in [-0.39, 0.29) is 0 Å². The van der Waals surface area contributed by atoms with Crippen molar-refractivity contribution >= 4 is 5.97 Å². The van der Waals surface area contributed by atoms with Gasteiger partial charge in [0.05, 0.1) is 21.3 Å². The summed E-state index contributed by atoms with van der Waals surface area (Å²) in [4.78, 5) is 14.3. The van der Waals surface area contributed by atoms with E-state index in [9.17, 15) is 4.79 Å². The zero-order chi connectivity index (χ0) is 13.8. The van der Waals surface area contributed by atoms with Crippen molar-refractivity contribution in [3.8, 4) is 22.6 Å². The first-order valence-corrected chi connectivity index (χ1v) is 5.68. The Bertz CT molecular complexity index is 567. The summed E-state index contributed by atoms with van der Waals surface area (Å²) < 4.78 is 15.1. The minimum absolute atomic E-state index is 0.402. The Morgan fingerprint density at radius 1 is 0.947 bits per heavy atom. The van der Waals surface area contributed by atoms with Gasteiger partial charge in [-0.25, -0.2) is 4.79 Å². The smallest absolute Gasteiger partial charge is 0.354 e. The van der Waals surface area contributed by atoms with Gasteiger partial charge in [0.1, 0.15) is 17.2 Å². The summed E-state index contributed by atoms with van der Waals surface area (Å²) in [5.74, 6) is 0.978. The number of hydrogen-bond acceptors (Lipinski definition) is 4. The van der Waals surface area contributed by atoms with Crippen molar-refractivity contribution in [2.75, 3.05) is 21.3 Å². The number of methoxy groups -OCH3 is 3. The van der Waals surface area contributed by atoms with Crippen LogP contribution in [0.2, 0.25) is 0 Å². The molecule has 5 nitrogen and oxygen atoms in total. The van der Waals surface area contributed by atoms with Crippen LogP contribution in [-0.2, 0) is 4.74 Å². The first-order valence-electron chi connectivity index (χ1n) is 5.68. The third-order valence-corrected chi connectivity index (χ3v) is 2.77. The molecular formula is C14H15NO4. The predicted molar refractivity (Wildman–Crippen MR) is 70.7 cm³/mol. The van der Waals surface area contributed by atoms with Crippen LogP contribution in [0.1, 0.15) is 10.5 Å². The average molecular weight is 261 g/mol. The molecule has 0 spiro atoms. The third-order valence-electron chi connectivity index (χ3n) is 2.77. The van der Waals surface area contributed by atoms with E-state index in [2.05, 4.69) is 9.72 Å². The van der Waals surface area contributed by atoms with Crippen LogP contribution >= 0.6 is 0 Å². The summed E-state index contributed by atoms with van der Waals surface area (Å²) in [6.07, 6.45) is 1.74. The fourth-order valence-corrected chi connectivity index (χ4v) is 1.76. The van der Waals surface area contributed by atoms with E-state index < -0.39 is 5.97 Å². The molecule has 2 rings (SSSR count). The Morgan fingerprint density at radius 2 is 1.58 bits per heavy atom. The molecule has 0 atom stereocenters. The summed E-state index contributed by atoms with van der Waals surface area (Å²) in [7, 11) is 4.53. The minimum atomic E-state index is -0.402. The number of carbonyl (C=O) groups is 1. The monoisotopic (exact) mass is 261 g/mol. The van der Waals surface area contributed by atoms with Gasteiger partial charge in [0.25, 0.3) is 0 Å². The molecule has 1 aromatic heterocycles. The van der Waals surface area contributed by atoms with Gasteiger partial charge in [-0.1, -0.05) is 0 Å². The topological polar surface area (TPSA) is 60.6 Å². The molecule has 0 aliphatic rings. The largest absolute Gasteiger partial charge is 0.497 e. The lowest BCUT2D eigenvalue weighted by atomic mass is 10.1. The summed E-state index contributed by atoms with van der Waals surface area (Å²) in [6, 6.07) is 7.25. The third kappa shape index (κ3) is 2.70. The highest BCUT2D eigenvalue weighted by Gasteiger charge is 2.11. The van der Waals surface area contributed by atoms with Gasteiger partial charge in [-0.05, 0) is 23.8 Å². The Hall–Kier alpha value is -2.43. The van der Waals surface area contributed by atoms with Crippen LogP contribution in [0, 0.1) is 0 Å². The van der Waals surface area contributed by atoms with Gasteiger partial charge < -0.3 is 19.2 Å². The first-order chi connectivity index (χ1) is 9.17. The zero-order valence-corrected chi connectivity index (χ0v) is 11.0. The van der Waals surface area contributed by atoms with Crippen LogP contribution in [0.5, 0.6) is 11.5 Å². The summed E-state index contributed by atoms with van der Waals surface area (Å²) in [5.41, 5.74) is 2.15. The molecule has 2 aromatic rings. The Labute approximate surface area is 111 Å². The molecule has 0 unspecified atom stereocenters. The van der Waals surface area contributed by atoms with Crippen molar-refractivity contribution in [1.29, 1.82) is 0 Å². The molecule has 5 heteroatoms. The van der Waals surface area contributed by atoms with Crippen molar-refractivity contribution in [3.63, 3.8) is 0 Å². The van der Waals surface area contributed by atoms with E-state index in [1.807, 2.05) is 12.1 Å². The number of aromatic nitrogens is 1. The summed E-state index contributed by atoms with van der Waals surface area (Å²) in [6.45, 7) is 0. The maximum Gasteiger partial charge on any atom is 0.354 e. The molecule has 0 aliphatic heterocycles. The number of hydrogen-bond donors (Lipinski definition) is 1. The molecule has 0 bridgehead atoms. The van der Waals surface area contributed by atoms with E-state index >= 15 is 0 Å². The highest BCUT2D eigenvalue weighted by atomic mass is 16.5. The fraction of sp³-hybridized carbons (Fsp3) is 0.214.